The first kappa shape index (κ1) is 24.3. The molecule has 190 valence electrons. The fraction of sp³-hybridized carbons (Fsp3) is 0.852. The highest BCUT2D eigenvalue weighted by molar-refractivity contribution is 5.82. The van der Waals surface area contributed by atoms with Crippen LogP contribution >= 0.6 is 0 Å². The highest BCUT2D eigenvalue weighted by atomic mass is 19.4. The van der Waals surface area contributed by atoms with Crippen LogP contribution in [-0.2, 0) is 17.5 Å². The lowest BCUT2D eigenvalue weighted by Crippen LogP contribution is -2.52. The molecular formula is C27H39F3N2O2. The number of fused-ring (bicyclic) bond motifs is 5. The molecule has 1 N–H and O–H groups in total. The Kier molecular flexibility index (Phi) is 5.97. The number of ketones is 1. The van der Waals surface area contributed by atoms with E-state index in [1.165, 1.54) is 23.7 Å². The number of halogens is 3. The number of carbonyl (C=O) groups is 1. The lowest BCUT2D eigenvalue weighted by atomic mass is 9.48. The number of alkyl halides is 3. The number of carbonyl (C=O) groups excluding carboxylic acids is 1. The topological polar surface area (TPSA) is 55.1 Å². The Hall–Kier alpha value is -1.37. The maximum Gasteiger partial charge on any atom is 0.435 e. The zero-order valence-corrected chi connectivity index (χ0v) is 20.7. The first-order valence-corrected chi connectivity index (χ1v) is 13.3. The molecule has 0 amide bonds. The quantitative estimate of drug-likeness (QED) is 0.564. The Morgan fingerprint density at radius 1 is 1.15 bits per heavy atom. The summed E-state index contributed by atoms with van der Waals surface area (Å²) in [5.74, 6) is 3.59. The van der Waals surface area contributed by atoms with Crippen LogP contribution in [0, 0.1) is 46.8 Å². The molecule has 34 heavy (non-hydrogen) atoms. The lowest BCUT2D eigenvalue weighted by molar-refractivity contribution is -0.142. The van der Waals surface area contributed by atoms with Gasteiger partial charge in [0.25, 0.3) is 0 Å². The molecular weight excluding hydrogens is 441 g/mol. The van der Waals surface area contributed by atoms with Gasteiger partial charge in [0.05, 0.1) is 12.1 Å². The number of Topliss-reactive ketones (excluding diaryl/α,β-unsaturated/α-hetero) is 1. The zero-order chi connectivity index (χ0) is 24.5. The summed E-state index contributed by atoms with van der Waals surface area (Å²) < 4.78 is 40.1. The van der Waals surface area contributed by atoms with E-state index in [4.69, 9.17) is 0 Å². The third-order valence-electron chi connectivity index (χ3n) is 10.5. The van der Waals surface area contributed by atoms with Crippen molar-refractivity contribution in [2.75, 3.05) is 0 Å². The Bertz CT molecular complexity index is 925. The average molecular weight is 481 g/mol. The van der Waals surface area contributed by atoms with Gasteiger partial charge >= 0.3 is 6.18 Å². The summed E-state index contributed by atoms with van der Waals surface area (Å²) >= 11 is 0. The van der Waals surface area contributed by atoms with Crippen molar-refractivity contribution in [1.29, 1.82) is 0 Å². The van der Waals surface area contributed by atoms with E-state index in [1.807, 2.05) is 6.92 Å². The van der Waals surface area contributed by atoms with Crippen LogP contribution in [0.5, 0.6) is 0 Å². The largest absolute Gasteiger partial charge is 0.435 e. The molecule has 0 bridgehead atoms. The summed E-state index contributed by atoms with van der Waals surface area (Å²) in [6, 6.07) is 0.951. The molecule has 0 aromatic carbocycles. The zero-order valence-electron chi connectivity index (χ0n) is 20.7. The maximum atomic E-state index is 13.5. The van der Waals surface area contributed by atoms with Crippen molar-refractivity contribution in [2.45, 2.75) is 96.9 Å². The van der Waals surface area contributed by atoms with E-state index in [2.05, 4.69) is 18.9 Å². The van der Waals surface area contributed by atoms with Crippen molar-refractivity contribution in [3.63, 3.8) is 0 Å². The van der Waals surface area contributed by atoms with Crippen molar-refractivity contribution in [3.05, 3.63) is 18.0 Å². The number of rotatable bonds is 4. The molecule has 7 heteroatoms. The second-order valence-corrected chi connectivity index (χ2v) is 12.5. The first-order chi connectivity index (χ1) is 15.9. The summed E-state index contributed by atoms with van der Waals surface area (Å²) in [5, 5.41) is 14.3. The van der Waals surface area contributed by atoms with Crippen LogP contribution in [0.1, 0.15) is 84.3 Å². The monoisotopic (exact) mass is 480 g/mol. The molecule has 0 aliphatic heterocycles. The molecule has 5 rings (SSSR count). The molecule has 4 saturated carbocycles. The van der Waals surface area contributed by atoms with Crippen LogP contribution in [-0.4, -0.2) is 26.3 Å². The van der Waals surface area contributed by atoms with Gasteiger partial charge in [-0.1, -0.05) is 20.3 Å². The minimum atomic E-state index is -4.49. The van der Waals surface area contributed by atoms with Crippen LogP contribution in [0.25, 0.3) is 0 Å². The summed E-state index contributed by atoms with van der Waals surface area (Å²) in [6.45, 7) is 6.44. The summed E-state index contributed by atoms with van der Waals surface area (Å²) in [7, 11) is 0. The highest BCUT2D eigenvalue weighted by Crippen LogP contribution is 2.66. The van der Waals surface area contributed by atoms with Gasteiger partial charge in [0.2, 0.25) is 0 Å². The molecule has 4 fully saturated rings. The molecule has 1 heterocycles. The molecule has 4 aliphatic rings. The smallest absolute Gasteiger partial charge is 0.390 e. The number of aliphatic hydroxyl groups is 1. The molecule has 4 aliphatic carbocycles. The van der Waals surface area contributed by atoms with Crippen molar-refractivity contribution >= 4 is 5.78 Å². The molecule has 0 saturated heterocycles. The van der Waals surface area contributed by atoms with Crippen LogP contribution in [0.15, 0.2) is 12.3 Å². The van der Waals surface area contributed by atoms with Gasteiger partial charge < -0.3 is 5.11 Å². The van der Waals surface area contributed by atoms with E-state index in [0.29, 0.717) is 35.5 Å². The fourth-order valence-electron chi connectivity index (χ4n) is 9.16. The predicted molar refractivity (Wildman–Crippen MR) is 123 cm³/mol. The van der Waals surface area contributed by atoms with Crippen LogP contribution < -0.4 is 0 Å². The fourth-order valence-corrected chi connectivity index (χ4v) is 9.16. The minimum absolute atomic E-state index is 0.0427. The molecule has 4 nitrogen and oxygen atoms in total. The van der Waals surface area contributed by atoms with E-state index < -0.39 is 17.5 Å². The molecule has 0 spiro atoms. The maximum absolute atomic E-state index is 13.5. The second-order valence-electron chi connectivity index (χ2n) is 12.5. The summed E-state index contributed by atoms with van der Waals surface area (Å²) in [5.41, 5.74) is -1.54. The summed E-state index contributed by atoms with van der Waals surface area (Å²) in [4.78, 5) is 13.5. The van der Waals surface area contributed by atoms with Crippen molar-refractivity contribution in [1.82, 2.24) is 9.78 Å². The van der Waals surface area contributed by atoms with Gasteiger partial charge in [0.1, 0.15) is 0 Å². The van der Waals surface area contributed by atoms with E-state index in [1.54, 1.807) is 0 Å². The van der Waals surface area contributed by atoms with Gasteiger partial charge in [-0.05, 0) is 105 Å². The standard InChI is InChI=1S/C27H39F3N2O2/c1-4-16-13-21(22(33)15-32-12-9-23(31-32)27(28,29)30)26(3)11-8-19-18-7-10-25(2,34)14-17(18)5-6-20(19)24(16)26/h9,12,16-21,24,34H,4-8,10-11,13-15H2,1-3H3/t16?,17-,18+,19-,20-,21-,24+,25-,26-/m1/s1. The first-order valence-electron chi connectivity index (χ1n) is 13.3. The van der Waals surface area contributed by atoms with Crippen LogP contribution in [0.4, 0.5) is 13.2 Å². The Labute approximate surface area is 200 Å². The third-order valence-corrected chi connectivity index (χ3v) is 10.5. The van der Waals surface area contributed by atoms with Gasteiger partial charge in [-0.25, -0.2) is 0 Å². The second kappa shape index (κ2) is 8.35. The van der Waals surface area contributed by atoms with Gasteiger partial charge in [-0.15, -0.1) is 0 Å². The molecule has 1 aromatic rings. The molecule has 1 aromatic heterocycles. The predicted octanol–water partition coefficient (Wildman–Crippen LogP) is 6.13. The number of aromatic nitrogens is 2. The van der Waals surface area contributed by atoms with Crippen LogP contribution in [0.3, 0.4) is 0 Å². The van der Waals surface area contributed by atoms with E-state index in [-0.39, 0.29) is 23.7 Å². The highest BCUT2D eigenvalue weighted by Gasteiger charge is 2.61. The Morgan fingerprint density at radius 2 is 1.88 bits per heavy atom. The summed E-state index contributed by atoms with van der Waals surface area (Å²) in [6.07, 6.45) is 6.16. The Morgan fingerprint density at radius 3 is 2.56 bits per heavy atom. The van der Waals surface area contributed by atoms with E-state index in [0.717, 1.165) is 51.0 Å². The number of hydrogen-bond donors (Lipinski definition) is 1. The molecule has 9 atom stereocenters. The minimum Gasteiger partial charge on any atom is -0.390 e. The molecule has 1 unspecified atom stereocenters. The van der Waals surface area contributed by atoms with Gasteiger partial charge in [-0.2, -0.15) is 18.3 Å². The number of hydrogen-bond acceptors (Lipinski definition) is 3. The number of nitrogens with zero attached hydrogens (tertiary/aromatic N) is 2. The SMILES string of the molecule is CCC1C[C@H](C(=O)Cn2ccc(C(F)(F)F)n2)[C@@]2(C)CC[C@H]3[C@@H](CC[C@@H]4C[C@](C)(O)CC[C@@H]43)[C@H]12. The molecule has 0 radical (unpaired) electrons. The van der Waals surface area contributed by atoms with Crippen molar-refractivity contribution in [3.8, 4) is 0 Å². The average Bonchev–Trinajstić information content (AvgIpc) is 3.34. The normalized spacial score (nSPS) is 44.3. The van der Waals surface area contributed by atoms with Gasteiger partial charge in [0.15, 0.2) is 11.5 Å². The van der Waals surface area contributed by atoms with Crippen LogP contribution in [0.2, 0.25) is 0 Å². The van der Waals surface area contributed by atoms with Crippen molar-refractivity contribution in [2.24, 2.45) is 46.8 Å². The van der Waals surface area contributed by atoms with Gasteiger partial charge in [-0.3, -0.25) is 9.48 Å². The lowest BCUT2D eigenvalue weighted by Gasteiger charge is -2.57. The van der Waals surface area contributed by atoms with Crippen molar-refractivity contribution < 1.29 is 23.1 Å². The van der Waals surface area contributed by atoms with E-state index >= 15 is 0 Å². The van der Waals surface area contributed by atoms with E-state index in [9.17, 15) is 23.1 Å². The Balaban J connectivity index is 1.35. The van der Waals surface area contributed by atoms with Gasteiger partial charge in [0, 0.05) is 12.1 Å². The third kappa shape index (κ3) is 4.04.